The SMILES string of the molecule is CN(Cc1cccs1)C(=O)CSc1nnc(-c2ccc(Cl)cc2)o1. The van der Waals surface area contributed by atoms with Crippen molar-refractivity contribution in [3.05, 3.63) is 51.7 Å². The number of thioether (sulfide) groups is 1. The molecular weight excluding hydrogens is 366 g/mol. The molecule has 0 fully saturated rings. The lowest BCUT2D eigenvalue weighted by Gasteiger charge is -2.15. The third-order valence-electron chi connectivity index (χ3n) is 3.22. The van der Waals surface area contributed by atoms with Gasteiger partial charge in [0.1, 0.15) is 0 Å². The number of aromatic nitrogens is 2. The Hall–Kier alpha value is -1.83. The molecule has 0 unspecified atom stereocenters. The minimum absolute atomic E-state index is 0.0136. The molecule has 0 aliphatic carbocycles. The molecule has 0 aliphatic rings. The van der Waals surface area contributed by atoms with E-state index in [1.54, 1.807) is 35.4 Å². The highest BCUT2D eigenvalue weighted by molar-refractivity contribution is 7.99. The first kappa shape index (κ1) is 17.0. The number of halogens is 1. The summed E-state index contributed by atoms with van der Waals surface area (Å²) in [4.78, 5) is 15.0. The molecule has 5 nitrogen and oxygen atoms in total. The van der Waals surface area contributed by atoms with Crippen LogP contribution >= 0.6 is 34.7 Å². The van der Waals surface area contributed by atoms with E-state index in [-0.39, 0.29) is 11.7 Å². The van der Waals surface area contributed by atoms with Gasteiger partial charge < -0.3 is 9.32 Å². The van der Waals surface area contributed by atoms with E-state index in [0.29, 0.717) is 22.7 Å². The predicted octanol–water partition coefficient (Wildman–Crippen LogP) is 4.20. The quantitative estimate of drug-likeness (QED) is 0.600. The number of thiophene rings is 1. The Balaban J connectivity index is 1.55. The van der Waals surface area contributed by atoms with Gasteiger partial charge in [0.05, 0.1) is 12.3 Å². The van der Waals surface area contributed by atoms with Gasteiger partial charge in [-0.05, 0) is 35.7 Å². The van der Waals surface area contributed by atoms with E-state index in [1.807, 2.05) is 29.6 Å². The molecule has 0 radical (unpaired) electrons. The molecule has 3 rings (SSSR count). The fourth-order valence-corrected chi connectivity index (χ4v) is 3.52. The number of nitrogens with zero attached hydrogens (tertiary/aromatic N) is 3. The zero-order valence-electron chi connectivity index (χ0n) is 12.8. The van der Waals surface area contributed by atoms with Gasteiger partial charge in [-0.1, -0.05) is 29.4 Å². The Labute approximate surface area is 152 Å². The van der Waals surface area contributed by atoms with Crippen LogP contribution < -0.4 is 0 Å². The summed E-state index contributed by atoms with van der Waals surface area (Å²) in [7, 11) is 1.79. The van der Waals surface area contributed by atoms with E-state index in [9.17, 15) is 4.79 Å². The summed E-state index contributed by atoms with van der Waals surface area (Å²) in [6.07, 6.45) is 0. The Bertz CT molecular complexity index is 803. The number of carbonyl (C=O) groups excluding carboxylic acids is 1. The Kier molecular flexibility index (Phi) is 5.55. The van der Waals surface area contributed by atoms with Crippen molar-refractivity contribution in [2.45, 2.75) is 11.8 Å². The molecule has 0 spiro atoms. The van der Waals surface area contributed by atoms with Crippen LogP contribution in [0.25, 0.3) is 11.5 Å². The molecule has 0 aliphatic heterocycles. The summed E-state index contributed by atoms with van der Waals surface area (Å²) in [5, 5.41) is 11.0. The van der Waals surface area contributed by atoms with Crippen LogP contribution in [0.4, 0.5) is 0 Å². The van der Waals surface area contributed by atoms with Crippen molar-refractivity contribution in [1.29, 1.82) is 0 Å². The number of hydrogen-bond acceptors (Lipinski definition) is 6. The molecule has 1 amide bonds. The summed E-state index contributed by atoms with van der Waals surface area (Å²) >= 11 is 8.73. The van der Waals surface area contributed by atoms with Crippen LogP contribution in [0.1, 0.15) is 4.88 Å². The fourth-order valence-electron chi connectivity index (χ4n) is 1.94. The fraction of sp³-hybridized carbons (Fsp3) is 0.188. The molecule has 124 valence electrons. The third kappa shape index (κ3) is 4.37. The first-order valence-electron chi connectivity index (χ1n) is 7.10. The maximum Gasteiger partial charge on any atom is 0.277 e. The number of hydrogen-bond donors (Lipinski definition) is 0. The van der Waals surface area contributed by atoms with Gasteiger partial charge in [0.2, 0.25) is 11.8 Å². The van der Waals surface area contributed by atoms with Gasteiger partial charge in [-0.2, -0.15) is 0 Å². The van der Waals surface area contributed by atoms with Gasteiger partial charge in [-0.15, -0.1) is 21.5 Å². The van der Waals surface area contributed by atoms with Crippen molar-refractivity contribution >= 4 is 40.6 Å². The van der Waals surface area contributed by atoms with Crippen molar-refractivity contribution in [3.63, 3.8) is 0 Å². The summed E-state index contributed by atoms with van der Waals surface area (Å²) < 4.78 is 5.57. The monoisotopic (exact) mass is 379 g/mol. The second kappa shape index (κ2) is 7.83. The topological polar surface area (TPSA) is 59.2 Å². The lowest BCUT2D eigenvalue weighted by atomic mass is 10.2. The maximum absolute atomic E-state index is 12.2. The molecule has 2 aromatic heterocycles. The van der Waals surface area contributed by atoms with E-state index in [2.05, 4.69) is 10.2 Å². The molecule has 0 saturated carbocycles. The number of benzene rings is 1. The van der Waals surface area contributed by atoms with Crippen LogP contribution in [-0.4, -0.2) is 33.8 Å². The minimum atomic E-state index is 0.0136. The van der Waals surface area contributed by atoms with E-state index >= 15 is 0 Å². The smallest absolute Gasteiger partial charge is 0.277 e. The Morgan fingerprint density at radius 2 is 2.08 bits per heavy atom. The first-order valence-corrected chi connectivity index (χ1v) is 9.35. The van der Waals surface area contributed by atoms with Crippen molar-refractivity contribution < 1.29 is 9.21 Å². The summed E-state index contributed by atoms with van der Waals surface area (Å²) in [6.45, 7) is 0.608. The normalized spacial score (nSPS) is 10.8. The van der Waals surface area contributed by atoms with Crippen LogP contribution in [-0.2, 0) is 11.3 Å². The highest BCUT2D eigenvalue weighted by Crippen LogP contribution is 2.24. The maximum atomic E-state index is 12.2. The molecule has 1 aromatic carbocycles. The molecular formula is C16H14ClN3O2S2. The predicted molar refractivity (Wildman–Crippen MR) is 96.3 cm³/mol. The Morgan fingerprint density at radius 3 is 2.79 bits per heavy atom. The lowest BCUT2D eigenvalue weighted by molar-refractivity contribution is -0.127. The molecule has 8 heteroatoms. The Morgan fingerprint density at radius 1 is 1.29 bits per heavy atom. The van der Waals surface area contributed by atoms with Crippen LogP contribution in [0, 0.1) is 0 Å². The second-order valence-corrected chi connectivity index (χ2v) is 7.39. The largest absolute Gasteiger partial charge is 0.411 e. The van der Waals surface area contributed by atoms with E-state index in [1.165, 1.54) is 11.8 Å². The molecule has 24 heavy (non-hydrogen) atoms. The average molecular weight is 380 g/mol. The zero-order chi connectivity index (χ0) is 16.9. The first-order chi connectivity index (χ1) is 11.6. The van der Waals surface area contributed by atoms with Crippen molar-refractivity contribution in [1.82, 2.24) is 15.1 Å². The number of amides is 1. The lowest BCUT2D eigenvalue weighted by Crippen LogP contribution is -2.27. The van der Waals surface area contributed by atoms with E-state index in [4.69, 9.17) is 16.0 Å². The van der Waals surface area contributed by atoms with Crippen LogP contribution in [0.15, 0.2) is 51.4 Å². The minimum Gasteiger partial charge on any atom is -0.411 e. The molecule has 3 aromatic rings. The standard InChI is InChI=1S/C16H14ClN3O2S2/c1-20(9-13-3-2-8-23-13)14(21)10-24-16-19-18-15(22-16)11-4-6-12(17)7-5-11/h2-8H,9-10H2,1H3. The van der Waals surface area contributed by atoms with E-state index in [0.717, 1.165) is 10.4 Å². The van der Waals surface area contributed by atoms with Gasteiger partial charge in [0, 0.05) is 22.5 Å². The van der Waals surface area contributed by atoms with Crippen LogP contribution in [0.5, 0.6) is 0 Å². The van der Waals surface area contributed by atoms with Gasteiger partial charge in [0.15, 0.2) is 0 Å². The molecule has 0 bridgehead atoms. The molecule has 0 atom stereocenters. The van der Waals surface area contributed by atoms with E-state index < -0.39 is 0 Å². The van der Waals surface area contributed by atoms with Gasteiger partial charge in [0.25, 0.3) is 5.22 Å². The second-order valence-electron chi connectivity index (χ2n) is 5.00. The van der Waals surface area contributed by atoms with Gasteiger partial charge >= 0.3 is 0 Å². The summed E-state index contributed by atoms with van der Waals surface area (Å²) in [5.41, 5.74) is 0.792. The van der Waals surface area contributed by atoms with Crippen molar-refractivity contribution in [2.24, 2.45) is 0 Å². The highest BCUT2D eigenvalue weighted by Gasteiger charge is 2.14. The molecule has 2 heterocycles. The number of rotatable bonds is 6. The summed E-state index contributed by atoms with van der Waals surface area (Å²) in [6, 6.07) is 11.1. The summed E-state index contributed by atoms with van der Waals surface area (Å²) in [5.74, 6) is 0.678. The molecule has 0 N–H and O–H groups in total. The molecule has 0 saturated heterocycles. The van der Waals surface area contributed by atoms with Crippen molar-refractivity contribution in [3.8, 4) is 11.5 Å². The van der Waals surface area contributed by atoms with Gasteiger partial charge in [-0.3, -0.25) is 4.79 Å². The number of carbonyl (C=O) groups is 1. The highest BCUT2D eigenvalue weighted by atomic mass is 35.5. The zero-order valence-corrected chi connectivity index (χ0v) is 15.2. The van der Waals surface area contributed by atoms with Crippen LogP contribution in [0.2, 0.25) is 5.02 Å². The van der Waals surface area contributed by atoms with Gasteiger partial charge in [-0.25, -0.2) is 0 Å². The average Bonchev–Trinajstić information content (AvgIpc) is 3.25. The van der Waals surface area contributed by atoms with Crippen molar-refractivity contribution in [2.75, 3.05) is 12.8 Å². The third-order valence-corrected chi connectivity index (χ3v) is 5.13. The van der Waals surface area contributed by atoms with Crippen LogP contribution in [0.3, 0.4) is 0 Å².